The molecule has 1 saturated heterocycles. The minimum atomic E-state index is -4.48. The van der Waals surface area contributed by atoms with Gasteiger partial charge in [0.2, 0.25) is 0 Å². The largest absolute Gasteiger partial charge is 0.490 e. The van der Waals surface area contributed by atoms with E-state index in [1.807, 2.05) is 67.3 Å². The molecular formula is C32H31F3N4OS. The lowest BCUT2D eigenvalue weighted by atomic mass is 9.96. The zero-order valence-electron chi connectivity index (χ0n) is 22.9. The number of hydrogen-bond donors (Lipinski definition) is 1. The summed E-state index contributed by atoms with van der Waals surface area (Å²) in [5, 5.41) is 3.97. The monoisotopic (exact) mass is 576 g/mol. The van der Waals surface area contributed by atoms with Crippen molar-refractivity contribution in [1.29, 1.82) is 0 Å². The average molecular weight is 577 g/mol. The van der Waals surface area contributed by atoms with Gasteiger partial charge in [-0.25, -0.2) is 0 Å². The van der Waals surface area contributed by atoms with Crippen molar-refractivity contribution in [2.75, 3.05) is 4.90 Å². The summed E-state index contributed by atoms with van der Waals surface area (Å²) < 4.78 is 49.9. The highest BCUT2D eigenvalue weighted by atomic mass is 32.1. The first-order chi connectivity index (χ1) is 19.7. The minimum absolute atomic E-state index is 0.101. The first kappa shape index (κ1) is 27.3. The van der Waals surface area contributed by atoms with Crippen molar-refractivity contribution < 1.29 is 17.9 Å². The third-order valence-electron chi connectivity index (χ3n) is 8.06. The molecule has 9 heteroatoms. The van der Waals surface area contributed by atoms with Crippen molar-refractivity contribution in [3.05, 3.63) is 107 Å². The fourth-order valence-corrected chi connectivity index (χ4v) is 6.55. The lowest BCUT2D eigenvalue weighted by molar-refractivity contribution is -0.137. The number of anilines is 1. The topological polar surface area (TPSA) is 42.3 Å². The van der Waals surface area contributed by atoms with E-state index in [1.165, 1.54) is 25.0 Å². The first-order valence-electron chi connectivity index (χ1n) is 13.8. The molecule has 41 heavy (non-hydrogen) atoms. The van der Waals surface area contributed by atoms with Gasteiger partial charge in [0.1, 0.15) is 5.75 Å². The fourth-order valence-electron chi connectivity index (χ4n) is 6.20. The minimum Gasteiger partial charge on any atom is -0.490 e. The van der Waals surface area contributed by atoms with Gasteiger partial charge in [-0.15, -0.1) is 0 Å². The lowest BCUT2D eigenvalue weighted by Crippen LogP contribution is -2.29. The smallest absolute Gasteiger partial charge is 0.418 e. The molecule has 2 aromatic carbocycles. The highest BCUT2D eigenvalue weighted by molar-refractivity contribution is 7.80. The molecule has 1 aliphatic carbocycles. The van der Waals surface area contributed by atoms with Crippen LogP contribution in [0, 0.1) is 13.8 Å². The van der Waals surface area contributed by atoms with Crippen LogP contribution in [-0.4, -0.2) is 20.8 Å². The molecule has 4 aromatic rings. The second kappa shape index (κ2) is 10.9. The summed E-state index contributed by atoms with van der Waals surface area (Å²) in [6.45, 7) is 3.70. The Hall–Kier alpha value is -3.85. The fraction of sp³-hybridized carbons (Fsp3) is 0.312. The zero-order valence-corrected chi connectivity index (χ0v) is 23.7. The van der Waals surface area contributed by atoms with Crippen LogP contribution in [0.4, 0.5) is 18.9 Å². The summed E-state index contributed by atoms with van der Waals surface area (Å²) in [6.07, 6.45) is 2.03. The molecule has 2 aromatic heterocycles. The van der Waals surface area contributed by atoms with Crippen LogP contribution >= 0.6 is 12.2 Å². The summed E-state index contributed by atoms with van der Waals surface area (Å²) in [5.41, 5.74) is 3.37. The van der Waals surface area contributed by atoms with E-state index in [4.69, 9.17) is 17.0 Å². The van der Waals surface area contributed by atoms with Crippen molar-refractivity contribution in [3.8, 4) is 11.4 Å². The number of aromatic nitrogens is 2. The Morgan fingerprint density at radius 1 is 0.951 bits per heavy atom. The maximum Gasteiger partial charge on any atom is 0.418 e. The van der Waals surface area contributed by atoms with Crippen LogP contribution in [0.25, 0.3) is 5.69 Å². The summed E-state index contributed by atoms with van der Waals surface area (Å²) in [6, 6.07) is 20.6. The highest BCUT2D eigenvalue weighted by Gasteiger charge is 2.43. The van der Waals surface area contributed by atoms with E-state index < -0.39 is 11.7 Å². The van der Waals surface area contributed by atoms with Gasteiger partial charge in [-0.1, -0.05) is 18.2 Å². The third-order valence-corrected chi connectivity index (χ3v) is 8.37. The molecule has 2 atom stereocenters. The van der Waals surface area contributed by atoms with E-state index in [-0.39, 0.29) is 23.9 Å². The Balaban J connectivity index is 1.44. The quantitative estimate of drug-likeness (QED) is 0.236. The molecule has 6 rings (SSSR count). The molecule has 3 heterocycles. The van der Waals surface area contributed by atoms with Crippen LogP contribution in [-0.2, 0) is 6.18 Å². The van der Waals surface area contributed by atoms with Crippen molar-refractivity contribution >= 4 is 23.0 Å². The van der Waals surface area contributed by atoms with E-state index in [0.717, 1.165) is 41.6 Å². The van der Waals surface area contributed by atoms with E-state index in [2.05, 4.69) is 10.3 Å². The molecule has 2 aliphatic rings. The number of nitrogens with one attached hydrogen (secondary N) is 1. The van der Waals surface area contributed by atoms with E-state index in [9.17, 15) is 13.2 Å². The summed E-state index contributed by atoms with van der Waals surface area (Å²) >= 11 is 5.87. The molecule has 1 N–H and O–H groups in total. The van der Waals surface area contributed by atoms with Gasteiger partial charge in [-0.05, 0) is 112 Å². The van der Waals surface area contributed by atoms with Gasteiger partial charge in [-0.3, -0.25) is 4.98 Å². The Bertz CT molecular complexity index is 1550. The predicted octanol–water partition coefficient (Wildman–Crippen LogP) is 8.01. The van der Waals surface area contributed by atoms with Crippen LogP contribution in [0.3, 0.4) is 0 Å². The number of alkyl halides is 3. The molecule has 0 amide bonds. The molecule has 1 aliphatic heterocycles. The number of benzene rings is 2. The number of aryl methyl sites for hydroxylation is 1. The van der Waals surface area contributed by atoms with E-state index in [0.29, 0.717) is 16.5 Å². The normalized spacial score (nSPS) is 19.5. The SMILES string of the molecule is Cc1cc(C2C(c3ccccn3)NC(=S)N2c2ccc(OC3CCCC3)cc2)c(C)n1-c1ccccc1C(F)(F)F. The molecular weight excluding hydrogens is 545 g/mol. The second-order valence-corrected chi connectivity index (χ2v) is 11.1. The molecule has 212 valence electrons. The van der Waals surface area contributed by atoms with Crippen LogP contribution in [0.5, 0.6) is 5.75 Å². The number of hydrogen-bond acceptors (Lipinski definition) is 3. The van der Waals surface area contributed by atoms with Crippen molar-refractivity contribution in [3.63, 3.8) is 0 Å². The summed E-state index contributed by atoms with van der Waals surface area (Å²) in [5.74, 6) is 0.818. The van der Waals surface area contributed by atoms with Gasteiger partial charge in [0.15, 0.2) is 5.11 Å². The van der Waals surface area contributed by atoms with Crippen LogP contribution in [0.2, 0.25) is 0 Å². The molecule has 2 fully saturated rings. The summed E-state index contributed by atoms with van der Waals surface area (Å²) in [4.78, 5) is 6.65. The van der Waals surface area contributed by atoms with E-state index in [1.54, 1.807) is 16.8 Å². The molecule has 2 unspecified atom stereocenters. The van der Waals surface area contributed by atoms with Crippen molar-refractivity contribution in [2.45, 2.75) is 63.9 Å². The van der Waals surface area contributed by atoms with Gasteiger partial charge in [0, 0.05) is 23.3 Å². The average Bonchev–Trinajstić information content (AvgIpc) is 3.67. The lowest BCUT2D eigenvalue weighted by Gasteiger charge is -2.28. The Kier molecular flexibility index (Phi) is 7.23. The second-order valence-electron chi connectivity index (χ2n) is 10.7. The van der Waals surface area contributed by atoms with Gasteiger partial charge < -0.3 is 19.5 Å². The Labute approximate surface area is 243 Å². The zero-order chi connectivity index (χ0) is 28.7. The van der Waals surface area contributed by atoms with Crippen molar-refractivity contribution in [2.24, 2.45) is 0 Å². The van der Waals surface area contributed by atoms with Gasteiger partial charge in [-0.2, -0.15) is 13.2 Å². The molecule has 1 saturated carbocycles. The first-order valence-corrected chi connectivity index (χ1v) is 14.3. The maximum atomic E-state index is 14.0. The number of halogens is 3. The van der Waals surface area contributed by atoms with Crippen LogP contribution in [0.15, 0.2) is 79.0 Å². The number of para-hydroxylation sites is 1. The van der Waals surface area contributed by atoms with Crippen molar-refractivity contribution in [1.82, 2.24) is 14.9 Å². The van der Waals surface area contributed by atoms with Gasteiger partial charge in [0.05, 0.1) is 35.1 Å². The Morgan fingerprint density at radius 3 is 2.34 bits per heavy atom. The summed E-state index contributed by atoms with van der Waals surface area (Å²) in [7, 11) is 0. The number of nitrogens with zero attached hydrogens (tertiary/aromatic N) is 3. The number of thiocarbonyl (C=S) groups is 1. The molecule has 0 bridgehead atoms. The van der Waals surface area contributed by atoms with Crippen LogP contribution in [0.1, 0.15) is 66.0 Å². The highest BCUT2D eigenvalue weighted by Crippen LogP contribution is 2.45. The Morgan fingerprint density at radius 2 is 1.66 bits per heavy atom. The van der Waals surface area contributed by atoms with E-state index >= 15 is 0 Å². The van der Waals surface area contributed by atoms with Gasteiger partial charge >= 0.3 is 6.18 Å². The number of rotatable bonds is 6. The molecule has 0 radical (unpaired) electrons. The maximum absolute atomic E-state index is 14.0. The third kappa shape index (κ3) is 5.19. The number of pyridine rings is 1. The molecule has 5 nitrogen and oxygen atoms in total. The number of ether oxygens (including phenoxy) is 1. The standard InChI is InChI=1S/C32H31F3N4OS/c1-20-19-25(21(2)38(20)28-13-6-5-11-26(28)32(33,34)35)30-29(27-12-7-8-18-36-27)37-31(41)39(30)22-14-16-24(17-15-22)40-23-9-3-4-10-23/h5-8,11-19,23,29-30H,3-4,9-10H2,1-2H3,(H,37,41). The van der Waals surface area contributed by atoms with Gasteiger partial charge in [0.25, 0.3) is 0 Å². The predicted molar refractivity (Wildman–Crippen MR) is 158 cm³/mol. The van der Waals surface area contributed by atoms with Crippen LogP contribution < -0.4 is 15.0 Å². The molecule has 0 spiro atoms.